The number of likely N-dealkylation sites (N-methyl/N-ethyl adjacent to an activating group) is 1. The molecule has 2 aromatic carbocycles. The highest BCUT2D eigenvalue weighted by molar-refractivity contribution is 5.79. The number of methoxy groups -OCH3 is 2. The van der Waals surface area contributed by atoms with Crippen molar-refractivity contribution < 1.29 is 19.2 Å². The van der Waals surface area contributed by atoms with Crippen LogP contribution in [0.15, 0.2) is 48.5 Å². The molecule has 2 aliphatic heterocycles. The molecule has 6 nitrogen and oxygen atoms in total. The van der Waals surface area contributed by atoms with Gasteiger partial charge in [0.25, 0.3) is 0 Å². The SMILES string of the molecule is COc1ccc(CCN(C)C(=O)C2CCCN(C3CC[NH+](Cc4ccccc4)CC3)C2)cc1OC. The topological polar surface area (TPSA) is 46.5 Å². The second-order valence-electron chi connectivity index (χ2n) is 10.2. The van der Waals surface area contributed by atoms with Crippen molar-refractivity contribution in [2.75, 3.05) is 54.0 Å². The van der Waals surface area contributed by atoms with E-state index in [1.165, 1.54) is 31.5 Å². The van der Waals surface area contributed by atoms with Crippen LogP contribution in [0.2, 0.25) is 0 Å². The minimum absolute atomic E-state index is 0.119. The number of likely N-dealkylation sites (tertiary alicyclic amines) is 2. The summed E-state index contributed by atoms with van der Waals surface area (Å²) in [4.78, 5) is 19.5. The Morgan fingerprint density at radius 1 is 1.00 bits per heavy atom. The van der Waals surface area contributed by atoms with Gasteiger partial charge in [-0.2, -0.15) is 0 Å². The number of nitrogens with zero attached hydrogens (tertiary/aromatic N) is 2. The number of hydrogen-bond acceptors (Lipinski definition) is 4. The number of benzene rings is 2. The lowest BCUT2D eigenvalue weighted by molar-refractivity contribution is -0.919. The van der Waals surface area contributed by atoms with Crippen LogP contribution in [0.3, 0.4) is 0 Å². The first-order chi connectivity index (χ1) is 17.1. The molecule has 1 N–H and O–H groups in total. The molecule has 2 aliphatic rings. The van der Waals surface area contributed by atoms with Crippen molar-refractivity contribution in [1.82, 2.24) is 9.80 Å². The summed E-state index contributed by atoms with van der Waals surface area (Å²) >= 11 is 0. The maximum absolute atomic E-state index is 13.3. The molecule has 0 spiro atoms. The maximum atomic E-state index is 13.3. The second kappa shape index (κ2) is 12.4. The van der Waals surface area contributed by atoms with Crippen LogP contribution in [0, 0.1) is 5.92 Å². The molecule has 2 aromatic rings. The Morgan fingerprint density at radius 2 is 1.74 bits per heavy atom. The van der Waals surface area contributed by atoms with E-state index in [-0.39, 0.29) is 5.92 Å². The minimum Gasteiger partial charge on any atom is -0.493 e. The van der Waals surface area contributed by atoms with E-state index >= 15 is 0 Å². The Hall–Kier alpha value is -2.57. The summed E-state index contributed by atoms with van der Waals surface area (Å²) in [5.74, 6) is 1.88. The van der Waals surface area contributed by atoms with Crippen molar-refractivity contribution in [3.8, 4) is 11.5 Å². The van der Waals surface area contributed by atoms with Gasteiger partial charge in [-0.05, 0) is 43.5 Å². The summed E-state index contributed by atoms with van der Waals surface area (Å²) in [5.41, 5.74) is 2.58. The number of rotatable bonds is 9. The largest absolute Gasteiger partial charge is 0.493 e. The zero-order valence-electron chi connectivity index (χ0n) is 21.7. The molecule has 4 rings (SSSR count). The second-order valence-corrected chi connectivity index (χ2v) is 10.2. The van der Waals surface area contributed by atoms with E-state index in [2.05, 4.69) is 35.2 Å². The first-order valence-electron chi connectivity index (χ1n) is 13.1. The van der Waals surface area contributed by atoms with Crippen LogP contribution in [-0.4, -0.2) is 75.7 Å². The Bertz CT molecular complexity index is 943. The smallest absolute Gasteiger partial charge is 0.226 e. The molecule has 0 aliphatic carbocycles. The zero-order chi connectivity index (χ0) is 24.6. The van der Waals surface area contributed by atoms with Crippen molar-refractivity contribution in [3.05, 3.63) is 59.7 Å². The highest BCUT2D eigenvalue weighted by atomic mass is 16.5. The molecular formula is C29H42N3O3+. The molecule has 2 heterocycles. The molecule has 1 atom stereocenters. The standard InChI is InChI=1S/C29H41N3O3/c1-30(17-13-23-11-12-27(34-2)28(20-23)35-3)29(33)25-10-7-16-32(22-25)26-14-18-31(19-15-26)21-24-8-5-4-6-9-24/h4-6,8-9,11-12,20,25-26H,7,10,13-19,21-22H2,1-3H3/p+1. The Morgan fingerprint density at radius 3 is 2.46 bits per heavy atom. The van der Waals surface area contributed by atoms with Gasteiger partial charge in [0.05, 0.1) is 33.2 Å². The third kappa shape index (κ3) is 6.77. The van der Waals surface area contributed by atoms with Gasteiger partial charge in [0.2, 0.25) is 5.91 Å². The quantitative estimate of drug-likeness (QED) is 0.600. The van der Waals surface area contributed by atoms with Crippen LogP contribution in [0.25, 0.3) is 0 Å². The summed E-state index contributed by atoms with van der Waals surface area (Å²) < 4.78 is 10.8. The number of carbonyl (C=O) groups excluding carboxylic acids is 1. The molecule has 0 aromatic heterocycles. The van der Waals surface area contributed by atoms with Gasteiger partial charge in [-0.25, -0.2) is 0 Å². The average Bonchev–Trinajstić information content (AvgIpc) is 2.92. The number of hydrogen-bond donors (Lipinski definition) is 1. The number of amides is 1. The normalized spacial score (nSPS) is 23.0. The molecule has 2 saturated heterocycles. The fourth-order valence-electron chi connectivity index (χ4n) is 5.73. The van der Waals surface area contributed by atoms with Gasteiger partial charge in [0.1, 0.15) is 6.54 Å². The third-order valence-corrected chi connectivity index (χ3v) is 7.84. The average molecular weight is 481 g/mol. The van der Waals surface area contributed by atoms with Crippen LogP contribution in [0.4, 0.5) is 0 Å². The molecule has 0 saturated carbocycles. The molecule has 1 unspecified atom stereocenters. The van der Waals surface area contributed by atoms with E-state index in [0.717, 1.165) is 56.0 Å². The van der Waals surface area contributed by atoms with E-state index in [4.69, 9.17) is 9.47 Å². The fraction of sp³-hybridized carbons (Fsp3) is 0.552. The molecule has 35 heavy (non-hydrogen) atoms. The summed E-state index contributed by atoms with van der Waals surface area (Å²) in [6.45, 7) is 6.33. The van der Waals surface area contributed by atoms with Crippen LogP contribution in [0.5, 0.6) is 11.5 Å². The van der Waals surface area contributed by atoms with Gasteiger partial charge in [0, 0.05) is 44.6 Å². The molecule has 190 valence electrons. The van der Waals surface area contributed by atoms with Crippen molar-refractivity contribution in [2.24, 2.45) is 5.92 Å². The highest BCUT2D eigenvalue weighted by Crippen LogP contribution is 2.28. The Kier molecular flexibility index (Phi) is 9.05. The minimum atomic E-state index is 0.119. The van der Waals surface area contributed by atoms with E-state index in [1.54, 1.807) is 19.1 Å². The lowest BCUT2D eigenvalue weighted by Crippen LogP contribution is -3.12. The molecular weight excluding hydrogens is 438 g/mol. The molecule has 0 radical (unpaired) electrons. The van der Waals surface area contributed by atoms with Crippen molar-refractivity contribution in [1.29, 1.82) is 0 Å². The van der Waals surface area contributed by atoms with E-state index in [0.29, 0.717) is 18.5 Å². The van der Waals surface area contributed by atoms with Gasteiger partial charge in [-0.1, -0.05) is 36.4 Å². The summed E-state index contributed by atoms with van der Waals surface area (Å²) in [6.07, 6.45) is 5.41. The van der Waals surface area contributed by atoms with E-state index < -0.39 is 0 Å². The monoisotopic (exact) mass is 480 g/mol. The predicted octanol–water partition coefficient (Wildman–Crippen LogP) is 2.66. The van der Waals surface area contributed by atoms with E-state index in [9.17, 15) is 4.79 Å². The Balaban J connectivity index is 1.24. The molecule has 2 fully saturated rings. The van der Waals surface area contributed by atoms with Crippen molar-refractivity contribution in [3.63, 3.8) is 0 Å². The Labute approximate surface area is 210 Å². The first kappa shape index (κ1) is 25.5. The first-order valence-corrected chi connectivity index (χ1v) is 13.1. The third-order valence-electron chi connectivity index (χ3n) is 7.84. The zero-order valence-corrected chi connectivity index (χ0v) is 21.7. The van der Waals surface area contributed by atoms with Gasteiger partial charge in [-0.3, -0.25) is 9.69 Å². The number of nitrogens with one attached hydrogen (secondary N) is 1. The molecule has 1 amide bonds. The highest BCUT2D eigenvalue weighted by Gasteiger charge is 2.33. The van der Waals surface area contributed by atoms with Crippen LogP contribution in [0.1, 0.15) is 36.8 Å². The number of carbonyl (C=O) groups is 1. The van der Waals surface area contributed by atoms with Gasteiger partial charge < -0.3 is 19.3 Å². The molecule has 0 bridgehead atoms. The number of piperidine rings is 2. The maximum Gasteiger partial charge on any atom is 0.226 e. The van der Waals surface area contributed by atoms with Crippen LogP contribution < -0.4 is 14.4 Å². The van der Waals surface area contributed by atoms with Gasteiger partial charge >= 0.3 is 0 Å². The predicted molar refractivity (Wildman–Crippen MR) is 139 cm³/mol. The van der Waals surface area contributed by atoms with Crippen LogP contribution in [-0.2, 0) is 17.8 Å². The lowest BCUT2D eigenvalue weighted by atomic mass is 9.92. The van der Waals surface area contributed by atoms with Gasteiger partial charge in [0.15, 0.2) is 11.5 Å². The van der Waals surface area contributed by atoms with Crippen molar-refractivity contribution >= 4 is 5.91 Å². The lowest BCUT2D eigenvalue weighted by Gasteiger charge is -2.41. The molecule has 6 heteroatoms. The van der Waals surface area contributed by atoms with Crippen LogP contribution >= 0.6 is 0 Å². The summed E-state index contributed by atoms with van der Waals surface area (Å²) in [5, 5.41) is 0. The van der Waals surface area contributed by atoms with Gasteiger partial charge in [-0.15, -0.1) is 0 Å². The summed E-state index contributed by atoms with van der Waals surface area (Å²) in [6, 6.07) is 17.5. The number of ether oxygens (including phenoxy) is 2. The summed E-state index contributed by atoms with van der Waals surface area (Å²) in [7, 11) is 5.25. The fourth-order valence-corrected chi connectivity index (χ4v) is 5.73. The van der Waals surface area contributed by atoms with Crippen molar-refractivity contribution in [2.45, 2.75) is 44.7 Å². The van der Waals surface area contributed by atoms with E-state index in [1.807, 2.05) is 30.1 Å². The number of quaternary nitrogens is 1.